The Morgan fingerprint density at radius 1 is 0.971 bits per heavy atom. The van der Waals surface area contributed by atoms with Crippen molar-refractivity contribution in [3.05, 3.63) is 95.3 Å². The van der Waals surface area contributed by atoms with Gasteiger partial charge in [0.1, 0.15) is 18.0 Å². The zero-order valence-electron chi connectivity index (χ0n) is 18.3. The minimum atomic E-state index is -0.583. The third kappa shape index (κ3) is 4.97. The zero-order chi connectivity index (χ0) is 24.1. The second-order valence-corrected chi connectivity index (χ2v) is 7.70. The highest BCUT2D eigenvalue weighted by atomic mass is 32.1. The van der Waals surface area contributed by atoms with Crippen LogP contribution in [0.4, 0.5) is 10.1 Å². The number of carbonyl (C=O) groups is 2. The van der Waals surface area contributed by atoms with Gasteiger partial charge in [-0.1, -0.05) is 42.5 Å². The number of nitrogens with one attached hydrogen (secondary N) is 1. The lowest BCUT2D eigenvalue weighted by molar-refractivity contribution is -0.122. The summed E-state index contributed by atoms with van der Waals surface area (Å²) in [7, 11) is 0. The van der Waals surface area contributed by atoms with Crippen LogP contribution in [0.3, 0.4) is 0 Å². The van der Waals surface area contributed by atoms with Crippen molar-refractivity contribution in [2.45, 2.75) is 13.5 Å². The Bertz CT molecular complexity index is 1280. The average Bonchev–Trinajstić information content (AvgIpc) is 2.83. The highest BCUT2D eigenvalue weighted by Gasteiger charge is 2.34. The molecule has 0 saturated carbocycles. The maximum atomic E-state index is 13.9. The molecule has 1 aliphatic rings. The van der Waals surface area contributed by atoms with Crippen LogP contribution in [0.2, 0.25) is 0 Å². The van der Waals surface area contributed by atoms with Crippen LogP contribution < -0.4 is 19.7 Å². The number of amides is 2. The van der Waals surface area contributed by atoms with Crippen LogP contribution in [0.1, 0.15) is 18.1 Å². The number of halogens is 1. The van der Waals surface area contributed by atoms with Crippen molar-refractivity contribution in [1.29, 1.82) is 0 Å². The molecular formula is C26H21FN2O4S. The fourth-order valence-electron chi connectivity index (χ4n) is 3.41. The summed E-state index contributed by atoms with van der Waals surface area (Å²) in [6, 6.07) is 20.2. The molecule has 6 nitrogen and oxygen atoms in total. The van der Waals surface area contributed by atoms with E-state index in [-0.39, 0.29) is 23.1 Å². The molecule has 1 saturated heterocycles. The standard InChI is InChI=1S/C26H21FN2O4S/c1-2-32-23-15-17(12-13-22(23)33-16-18-8-6-7-11-21(18)27)14-20-24(30)28-26(34)29(25(20)31)19-9-4-3-5-10-19/h3-15H,2,16H2,1H3,(H,28,30,34)/b20-14-. The largest absolute Gasteiger partial charge is 0.490 e. The highest BCUT2D eigenvalue weighted by Crippen LogP contribution is 2.31. The summed E-state index contributed by atoms with van der Waals surface area (Å²) in [5.41, 5.74) is 1.45. The average molecular weight is 477 g/mol. The Hall–Kier alpha value is -4.04. The van der Waals surface area contributed by atoms with E-state index < -0.39 is 11.8 Å². The summed E-state index contributed by atoms with van der Waals surface area (Å²) >= 11 is 5.21. The van der Waals surface area contributed by atoms with Crippen LogP contribution in [0, 0.1) is 5.82 Å². The summed E-state index contributed by atoms with van der Waals surface area (Å²) in [4.78, 5) is 27.0. The van der Waals surface area contributed by atoms with Gasteiger partial charge in [-0.3, -0.25) is 19.8 Å². The first-order valence-corrected chi connectivity index (χ1v) is 11.0. The molecule has 172 valence electrons. The molecule has 8 heteroatoms. The van der Waals surface area contributed by atoms with E-state index >= 15 is 0 Å². The molecule has 0 aromatic heterocycles. The van der Waals surface area contributed by atoms with Gasteiger partial charge in [-0.2, -0.15) is 0 Å². The van der Waals surface area contributed by atoms with E-state index in [4.69, 9.17) is 21.7 Å². The van der Waals surface area contributed by atoms with E-state index in [1.54, 1.807) is 60.7 Å². The predicted octanol–water partition coefficient (Wildman–Crippen LogP) is 4.63. The van der Waals surface area contributed by atoms with Crippen molar-refractivity contribution in [3.63, 3.8) is 0 Å². The molecule has 34 heavy (non-hydrogen) atoms. The number of anilines is 1. The van der Waals surface area contributed by atoms with Crippen LogP contribution >= 0.6 is 12.2 Å². The third-order valence-corrected chi connectivity index (χ3v) is 5.32. The van der Waals surface area contributed by atoms with Gasteiger partial charge >= 0.3 is 0 Å². The summed E-state index contributed by atoms with van der Waals surface area (Å²) in [5.74, 6) is -0.645. The minimum absolute atomic E-state index is 0.0187. The number of ether oxygens (including phenoxy) is 2. The van der Waals surface area contributed by atoms with E-state index in [2.05, 4.69) is 5.32 Å². The molecule has 1 heterocycles. The molecule has 0 spiro atoms. The van der Waals surface area contributed by atoms with Crippen molar-refractivity contribution in [2.75, 3.05) is 11.5 Å². The van der Waals surface area contributed by atoms with E-state index in [0.717, 1.165) is 0 Å². The van der Waals surface area contributed by atoms with E-state index in [0.29, 0.717) is 34.9 Å². The SMILES string of the molecule is CCOc1cc(/C=C2/C(=O)NC(=S)N(c3ccccc3)C2=O)ccc1OCc1ccccc1F. The number of rotatable bonds is 7. The Labute approximate surface area is 201 Å². The molecule has 0 aliphatic carbocycles. The smallest absolute Gasteiger partial charge is 0.270 e. The topological polar surface area (TPSA) is 67.9 Å². The number of hydrogen-bond donors (Lipinski definition) is 1. The fourth-order valence-corrected chi connectivity index (χ4v) is 3.69. The highest BCUT2D eigenvalue weighted by molar-refractivity contribution is 7.80. The second-order valence-electron chi connectivity index (χ2n) is 7.31. The van der Waals surface area contributed by atoms with Gasteiger partial charge in [0.05, 0.1) is 12.3 Å². The number of para-hydroxylation sites is 1. The molecule has 0 atom stereocenters. The Kier molecular flexibility index (Phi) is 6.98. The van der Waals surface area contributed by atoms with E-state index in [1.807, 2.05) is 13.0 Å². The Balaban J connectivity index is 1.61. The zero-order valence-corrected chi connectivity index (χ0v) is 19.1. The van der Waals surface area contributed by atoms with E-state index in [1.165, 1.54) is 17.0 Å². The summed E-state index contributed by atoms with van der Waals surface area (Å²) in [6.07, 6.45) is 1.47. The summed E-state index contributed by atoms with van der Waals surface area (Å²) in [6.45, 7) is 2.21. The number of carbonyl (C=O) groups excluding carboxylic acids is 2. The minimum Gasteiger partial charge on any atom is -0.490 e. The Morgan fingerprint density at radius 3 is 2.44 bits per heavy atom. The quantitative estimate of drug-likeness (QED) is 0.306. The van der Waals surface area contributed by atoms with Gasteiger partial charge in [-0.05, 0) is 61.1 Å². The lowest BCUT2D eigenvalue weighted by Gasteiger charge is -2.28. The lowest BCUT2D eigenvalue weighted by Crippen LogP contribution is -2.54. The van der Waals surface area contributed by atoms with Gasteiger partial charge in [0, 0.05) is 5.56 Å². The fraction of sp³-hybridized carbons (Fsp3) is 0.115. The first-order valence-electron chi connectivity index (χ1n) is 10.6. The number of thiocarbonyl (C=S) groups is 1. The molecule has 1 aliphatic heterocycles. The number of hydrogen-bond acceptors (Lipinski definition) is 5. The van der Waals surface area contributed by atoms with Crippen LogP contribution in [0.25, 0.3) is 6.08 Å². The number of benzene rings is 3. The van der Waals surface area contributed by atoms with Crippen molar-refractivity contribution in [2.24, 2.45) is 0 Å². The number of nitrogens with zero attached hydrogens (tertiary/aromatic N) is 1. The third-order valence-electron chi connectivity index (χ3n) is 5.04. The van der Waals surface area contributed by atoms with Gasteiger partial charge in [0.25, 0.3) is 11.8 Å². The molecule has 3 aromatic rings. The molecular weight excluding hydrogens is 455 g/mol. The van der Waals surface area contributed by atoms with Crippen molar-refractivity contribution in [1.82, 2.24) is 5.32 Å². The molecule has 0 unspecified atom stereocenters. The molecule has 3 aromatic carbocycles. The van der Waals surface area contributed by atoms with Crippen LogP contribution in [-0.4, -0.2) is 23.5 Å². The van der Waals surface area contributed by atoms with Crippen LogP contribution in [0.15, 0.2) is 78.4 Å². The molecule has 0 bridgehead atoms. The molecule has 1 N–H and O–H groups in total. The molecule has 4 rings (SSSR count). The van der Waals surface area contributed by atoms with Crippen molar-refractivity contribution >= 4 is 40.9 Å². The van der Waals surface area contributed by atoms with Gasteiger partial charge in [-0.15, -0.1) is 0 Å². The van der Waals surface area contributed by atoms with Gasteiger partial charge in [-0.25, -0.2) is 4.39 Å². The predicted molar refractivity (Wildman–Crippen MR) is 131 cm³/mol. The van der Waals surface area contributed by atoms with E-state index in [9.17, 15) is 14.0 Å². The van der Waals surface area contributed by atoms with Gasteiger partial charge in [0.15, 0.2) is 16.6 Å². The maximum Gasteiger partial charge on any atom is 0.270 e. The lowest BCUT2D eigenvalue weighted by atomic mass is 10.1. The maximum absolute atomic E-state index is 13.9. The monoisotopic (exact) mass is 476 g/mol. The molecule has 0 radical (unpaired) electrons. The molecule has 1 fully saturated rings. The van der Waals surface area contributed by atoms with Crippen molar-refractivity contribution < 1.29 is 23.5 Å². The van der Waals surface area contributed by atoms with Gasteiger partial charge < -0.3 is 9.47 Å². The second kappa shape index (κ2) is 10.3. The van der Waals surface area contributed by atoms with Gasteiger partial charge in [0.2, 0.25) is 0 Å². The summed E-state index contributed by atoms with van der Waals surface area (Å²) in [5, 5.41) is 2.58. The summed E-state index contributed by atoms with van der Waals surface area (Å²) < 4.78 is 25.4. The van der Waals surface area contributed by atoms with Crippen molar-refractivity contribution in [3.8, 4) is 11.5 Å². The van der Waals surface area contributed by atoms with Crippen LogP contribution in [0.5, 0.6) is 11.5 Å². The first-order chi connectivity index (χ1) is 16.5. The first kappa shape index (κ1) is 23.1. The van der Waals surface area contributed by atoms with Crippen LogP contribution in [-0.2, 0) is 16.2 Å². The normalized spacial score (nSPS) is 14.8. The molecule has 2 amide bonds. The Morgan fingerprint density at radius 2 is 1.71 bits per heavy atom.